The summed E-state index contributed by atoms with van der Waals surface area (Å²) in [6, 6.07) is 7.54. The molecule has 3 N–H and O–H groups in total. The first-order valence-corrected chi connectivity index (χ1v) is 8.23. The molecule has 1 saturated carbocycles. The van der Waals surface area contributed by atoms with Gasteiger partial charge in [0.2, 0.25) is 5.91 Å². The molecule has 1 aliphatic carbocycles. The van der Waals surface area contributed by atoms with Crippen molar-refractivity contribution in [2.75, 3.05) is 12.3 Å². The minimum atomic E-state index is 0.121. The highest BCUT2D eigenvalue weighted by atomic mass is 16.5. The van der Waals surface area contributed by atoms with E-state index in [4.69, 9.17) is 15.7 Å². The molecule has 0 aliphatic heterocycles. The van der Waals surface area contributed by atoms with Gasteiger partial charge in [-0.2, -0.15) is 5.26 Å². The number of nitrogens with one attached hydrogen (secondary N) is 1. The number of ether oxygens (including phenoxy) is 1. The molecule has 0 atom stereocenters. The highest BCUT2D eigenvalue weighted by Gasteiger charge is 2.27. The number of amides is 1. The van der Waals surface area contributed by atoms with E-state index in [0.29, 0.717) is 29.5 Å². The molecular formula is C18H25N3O2. The Labute approximate surface area is 137 Å². The second-order valence-electron chi connectivity index (χ2n) is 6.52. The van der Waals surface area contributed by atoms with Crippen LogP contribution in [0, 0.1) is 23.2 Å². The third kappa shape index (κ3) is 4.62. The zero-order valence-corrected chi connectivity index (χ0v) is 13.8. The number of nitrogens with two attached hydrogens (primary N) is 1. The lowest BCUT2D eigenvalue weighted by atomic mass is 9.82. The van der Waals surface area contributed by atoms with Crippen molar-refractivity contribution in [2.24, 2.45) is 11.8 Å². The first kappa shape index (κ1) is 17.1. The Bertz CT molecular complexity index is 584. The third-order valence-corrected chi connectivity index (χ3v) is 4.29. The van der Waals surface area contributed by atoms with Crippen molar-refractivity contribution in [1.29, 1.82) is 5.26 Å². The highest BCUT2D eigenvalue weighted by molar-refractivity contribution is 5.78. The van der Waals surface area contributed by atoms with Crippen LogP contribution in [-0.4, -0.2) is 18.6 Å². The molecule has 0 radical (unpaired) electrons. The summed E-state index contributed by atoms with van der Waals surface area (Å²) in [6.07, 6.45) is 3.74. The molecule has 0 aromatic heterocycles. The van der Waals surface area contributed by atoms with E-state index in [2.05, 4.69) is 11.4 Å². The highest BCUT2D eigenvalue weighted by Crippen LogP contribution is 2.30. The molecule has 124 valence electrons. The molecule has 1 fully saturated rings. The number of hydrogen-bond donors (Lipinski definition) is 2. The van der Waals surface area contributed by atoms with Gasteiger partial charge in [0.05, 0.1) is 12.3 Å². The molecule has 0 heterocycles. The Morgan fingerprint density at radius 1 is 1.39 bits per heavy atom. The molecule has 1 aromatic carbocycles. The van der Waals surface area contributed by atoms with Gasteiger partial charge in [-0.3, -0.25) is 4.79 Å². The number of hydrogen-bond acceptors (Lipinski definition) is 4. The fourth-order valence-electron chi connectivity index (χ4n) is 2.99. The van der Waals surface area contributed by atoms with Crippen LogP contribution in [0.5, 0.6) is 5.75 Å². The van der Waals surface area contributed by atoms with Gasteiger partial charge in [-0.15, -0.1) is 0 Å². The zero-order valence-electron chi connectivity index (χ0n) is 13.8. The molecule has 1 amide bonds. The lowest BCUT2D eigenvalue weighted by molar-refractivity contribution is -0.126. The van der Waals surface area contributed by atoms with Crippen LogP contribution in [0.25, 0.3) is 0 Å². The van der Waals surface area contributed by atoms with Crippen molar-refractivity contribution < 1.29 is 9.53 Å². The molecule has 0 unspecified atom stereocenters. The number of carbonyl (C=O) groups is 1. The summed E-state index contributed by atoms with van der Waals surface area (Å²) >= 11 is 0. The Balaban J connectivity index is 1.83. The van der Waals surface area contributed by atoms with Gasteiger partial charge in [-0.05, 0) is 57.6 Å². The molecule has 5 nitrogen and oxygen atoms in total. The van der Waals surface area contributed by atoms with E-state index in [1.165, 1.54) is 0 Å². The fraction of sp³-hybridized carbons (Fsp3) is 0.556. The van der Waals surface area contributed by atoms with Gasteiger partial charge in [0.15, 0.2) is 0 Å². The van der Waals surface area contributed by atoms with Crippen LogP contribution in [0.1, 0.15) is 45.1 Å². The summed E-state index contributed by atoms with van der Waals surface area (Å²) in [5.41, 5.74) is 6.63. The second-order valence-corrected chi connectivity index (χ2v) is 6.52. The van der Waals surface area contributed by atoms with Crippen LogP contribution >= 0.6 is 0 Å². The number of nitrogen functional groups attached to an aromatic ring is 1. The Hall–Kier alpha value is -2.22. The summed E-state index contributed by atoms with van der Waals surface area (Å²) in [5, 5.41) is 12.1. The standard InChI is InChI=1S/C18H25N3O2/c1-12(2)21-18(22)14-8-6-13(7-9-14)11-23-17-5-3-4-16(20)15(17)10-19/h3-5,12-14H,6-9,11,20H2,1-2H3,(H,21,22). The van der Waals surface area contributed by atoms with E-state index in [1.54, 1.807) is 18.2 Å². The number of rotatable bonds is 5. The van der Waals surface area contributed by atoms with E-state index in [1.807, 2.05) is 13.8 Å². The lowest BCUT2D eigenvalue weighted by Crippen LogP contribution is -2.37. The molecular weight excluding hydrogens is 290 g/mol. The number of benzene rings is 1. The summed E-state index contributed by atoms with van der Waals surface area (Å²) in [6.45, 7) is 4.53. The van der Waals surface area contributed by atoms with Crippen molar-refractivity contribution in [2.45, 2.75) is 45.6 Å². The van der Waals surface area contributed by atoms with Gasteiger partial charge in [0.25, 0.3) is 0 Å². The first-order chi connectivity index (χ1) is 11.0. The quantitative estimate of drug-likeness (QED) is 0.818. The van der Waals surface area contributed by atoms with Crippen LogP contribution in [0.3, 0.4) is 0 Å². The van der Waals surface area contributed by atoms with Gasteiger partial charge in [-0.1, -0.05) is 6.07 Å². The average molecular weight is 315 g/mol. The number of nitrogens with zero attached hydrogens (tertiary/aromatic N) is 1. The zero-order chi connectivity index (χ0) is 16.8. The minimum Gasteiger partial charge on any atom is -0.492 e. The summed E-state index contributed by atoms with van der Waals surface area (Å²) in [7, 11) is 0. The van der Waals surface area contributed by atoms with Crippen LogP contribution in [0.15, 0.2) is 18.2 Å². The van der Waals surface area contributed by atoms with Gasteiger partial charge in [0, 0.05) is 12.0 Å². The van der Waals surface area contributed by atoms with Crippen molar-refractivity contribution in [3.8, 4) is 11.8 Å². The van der Waals surface area contributed by atoms with Gasteiger partial charge >= 0.3 is 0 Å². The fourth-order valence-corrected chi connectivity index (χ4v) is 2.99. The van der Waals surface area contributed by atoms with E-state index >= 15 is 0 Å². The second kappa shape index (κ2) is 7.87. The van der Waals surface area contributed by atoms with Gasteiger partial charge in [0.1, 0.15) is 17.4 Å². The van der Waals surface area contributed by atoms with Crippen molar-refractivity contribution in [1.82, 2.24) is 5.32 Å². The van der Waals surface area contributed by atoms with Gasteiger partial charge in [-0.25, -0.2) is 0 Å². The van der Waals surface area contributed by atoms with E-state index in [-0.39, 0.29) is 17.9 Å². The summed E-state index contributed by atoms with van der Waals surface area (Å²) in [4.78, 5) is 12.0. The Morgan fingerprint density at radius 3 is 2.70 bits per heavy atom. The Morgan fingerprint density at radius 2 is 2.09 bits per heavy atom. The predicted molar refractivity (Wildman–Crippen MR) is 89.8 cm³/mol. The van der Waals surface area contributed by atoms with E-state index < -0.39 is 0 Å². The number of anilines is 1. The Kier molecular flexibility index (Phi) is 5.86. The van der Waals surface area contributed by atoms with Gasteiger partial charge < -0.3 is 15.8 Å². The monoisotopic (exact) mass is 315 g/mol. The SMILES string of the molecule is CC(C)NC(=O)C1CCC(COc2cccc(N)c2C#N)CC1. The molecule has 23 heavy (non-hydrogen) atoms. The molecule has 1 aliphatic rings. The maximum absolute atomic E-state index is 12.0. The predicted octanol–water partition coefficient (Wildman–Crippen LogP) is 2.85. The maximum atomic E-state index is 12.0. The van der Waals surface area contributed by atoms with Crippen molar-refractivity contribution in [3.05, 3.63) is 23.8 Å². The molecule has 0 saturated heterocycles. The molecule has 5 heteroatoms. The average Bonchev–Trinajstić information content (AvgIpc) is 2.52. The van der Waals surface area contributed by atoms with Crippen LogP contribution in [-0.2, 0) is 4.79 Å². The largest absolute Gasteiger partial charge is 0.492 e. The van der Waals surface area contributed by atoms with Crippen molar-refractivity contribution >= 4 is 11.6 Å². The maximum Gasteiger partial charge on any atom is 0.223 e. The third-order valence-electron chi connectivity index (χ3n) is 4.29. The minimum absolute atomic E-state index is 0.121. The van der Waals surface area contributed by atoms with E-state index in [9.17, 15) is 4.79 Å². The van der Waals surface area contributed by atoms with Crippen LogP contribution in [0.2, 0.25) is 0 Å². The topological polar surface area (TPSA) is 88.1 Å². The van der Waals surface area contributed by atoms with Crippen LogP contribution in [0.4, 0.5) is 5.69 Å². The summed E-state index contributed by atoms with van der Waals surface area (Å²) in [5.74, 6) is 1.26. The lowest BCUT2D eigenvalue weighted by Gasteiger charge is -2.28. The molecule has 0 spiro atoms. The van der Waals surface area contributed by atoms with Crippen LogP contribution < -0.4 is 15.8 Å². The molecule has 1 aromatic rings. The molecule has 0 bridgehead atoms. The normalized spacial score (nSPS) is 20.8. The van der Waals surface area contributed by atoms with Crippen molar-refractivity contribution in [3.63, 3.8) is 0 Å². The molecule has 2 rings (SSSR count). The summed E-state index contributed by atoms with van der Waals surface area (Å²) < 4.78 is 5.81. The first-order valence-electron chi connectivity index (χ1n) is 8.23. The van der Waals surface area contributed by atoms with E-state index in [0.717, 1.165) is 25.7 Å². The smallest absolute Gasteiger partial charge is 0.223 e. The number of nitriles is 1. The number of carbonyl (C=O) groups excluding carboxylic acids is 1.